The van der Waals surface area contributed by atoms with Crippen LogP contribution in [0.2, 0.25) is 0 Å². The minimum absolute atomic E-state index is 0.00152. The third kappa shape index (κ3) is 6.70. The molecule has 8 nitrogen and oxygen atoms in total. The van der Waals surface area contributed by atoms with Crippen molar-refractivity contribution >= 4 is 29.1 Å². The average molecular weight is 479 g/mol. The van der Waals surface area contributed by atoms with Crippen LogP contribution in [-0.4, -0.2) is 48.6 Å². The van der Waals surface area contributed by atoms with E-state index in [1.165, 1.54) is 17.0 Å². The van der Waals surface area contributed by atoms with Crippen LogP contribution in [0.5, 0.6) is 5.75 Å². The van der Waals surface area contributed by atoms with Gasteiger partial charge in [0.1, 0.15) is 5.75 Å². The molecule has 11 heteroatoms. The van der Waals surface area contributed by atoms with E-state index < -0.39 is 36.3 Å². The summed E-state index contributed by atoms with van der Waals surface area (Å²) in [5.74, 6) is -1.36. The highest BCUT2D eigenvalue weighted by molar-refractivity contribution is 6.00. The van der Waals surface area contributed by atoms with Crippen LogP contribution < -0.4 is 20.3 Å². The molecule has 1 saturated heterocycles. The van der Waals surface area contributed by atoms with Crippen LogP contribution in [0.4, 0.5) is 24.5 Å². The van der Waals surface area contributed by atoms with Crippen molar-refractivity contribution in [2.75, 3.05) is 29.9 Å². The Kier molecular flexibility index (Phi) is 7.77. The third-order valence-corrected chi connectivity index (χ3v) is 5.06. The number of ether oxygens (including phenoxy) is 1. The molecule has 2 aromatic carbocycles. The minimum atomic E-state index is -4.52. The number of aliphatic hydroxyl groups excluding tert-OH is 1. The number of anilines is 2. The fraction of sp³-hybridized carbons (Fsp3) is 0.348. The van der Waals surface area contributed by atoms with Gasteiger partial charge in [0.2, 0.25) is 11.8 Å². The molecular formula is C23H24F3N3O5. The van der Waals surface area contributed by atoms with Gasteiger partial charge in [-0.2, -0.15) is 13.2 Å². The van der Waals surface area contributed by atoms with Crippen LogP contribution in [0.25, 0.3) is 0 Å². The molecule has 1 aliphatic heterocycles. The lowest BCUT2D eigenvalue weighted by molar-refractivity contribution is -0.137. The standard InChI is InChI=1S/C23H24F3N3O5/c1-14(30)11-27-22(33)15-9-21(32)29(12-15)18-5-7-19(8-6-18)34-13-20(31)28-17-4-2-3-16(10-17)23(24,25)26/h2-8,10,14-15,30H,9,11-13H2,1H3,(H,27,33)(H,28,31)/t14-,15-/m1/s1. The van der Waals surface area contributed by atoms with Crippen LogP contribution >= 0.6 is 0 Å². The second kappa shape index (κ2) is 10.6. The van der Waals surface area contributed by atoms with Crippen LogP contribution in [0.15, 0.2) is 48.5 Å². The molecule has 2 aromatic rings. The number of carbonyl (C=O) groups excluding carboxylic acids is 3. The zero-order valence-corrected chi connectivity index (χ0v) is 18.3. The monoisotopic (exact) mass is 479 g/mol. The molecule has 182 valence electrons. The molecule has 1 heterocycles. The second-order valence-corrected chi connectivity index (χ2v) is 7.91. The molecule has 0 aromatic heterocycles. The van der Waals surface area contributed by atoms with E-state index in [0.717, 1.165) is 12.1 Å². The molecule has 0 radical (unpaired) electrons. The Balaban J connectivity index is 1.52. The fourth-order valence-corrected chi connectivity index (χ4v) is 3.37. The summed E-state index contributed by atoms with van der Waals surface area (Å²) in [5.41, 5.74) is -0.323. The maximum absolute atomic E-state index is 12.8. The van der Waals surface area contributed by atoms with Crippen molar-refractivity contribution in [3.05, 3.63) is 54.1 Å². The van der Waals surface area contributed by atoms with E-state index in [2.05, 4.69) is 10.6 Å². The van der Waals surface area contributed by atoms with Crippen LogP contribution in [-0.2, 0) is 20.6 Å². The van der Waals surface area contributed by atoms with E-state index in [1.807, 2.05) is 0 Å². The van der Waals surface area contributed by atoms with Gasteiger partial charge in [0, 0.05) is 30.9 Å². The lowest BCUT2D eigenvalue weighted by Gasteiger charge is -2.17. The maximum atomic E-state index is 12.8. The van der Waals surface area contributed by atoms with E-state index in [9.17, 15) is 32.7 Å². The number of hydrogen-bond acceptors (Lipinski definition) is 5. The van der Waals surface area contributed by atoms with Crippen molar-refractivity contribution in [1.29, 1.82) is 0 Å². The van der Waals surface area contributed by atoms with E-state index in [4.69, 9.17) is 4.74 Å². The van der Waals surface area contributed by atoms with Gasteiger partial charge in [0.05, 0.1) is 17.6 Å². The van der Waals surface area contributed by atoms with Crippen molar-refractivity contribution in [3.63, 3.8) is 0 Å². The predicted octanol–water partition coefficient (Wildman–Crippen LogP) is 2.57. The summed E-state index contributed by atoms with van der Waals surface area (Å²) in [4.78, 5) is 38.0. The summed E-state index contributed by atoms with van der Waals surface area (Å²) in [6.07, 6.45) is -5.14. The van der Waals surface area contributed by atoms with Gasteiger partial charge in [-0.05, 0) is 49.4 Å². The highest BCUT2D eigenvalue weighted by atomic mass is 19.4. The molecule has 0 unspecified atom stereocenters. The number of benzene rings is 2. The highest BCUT2D eigenvalue weighted by Crippen LogP contribution is 2.31. The van der Waals surface area contributed by atoms with Crippen molar-refractivity contribution in [1.82, 2.24) is 5.32 Å². The molecule has 3 N–H and O–H groups in total. The topological polar surface area (TPSA) is 108 Å². The molecule has 1 aliphatic rings. The summed E-state index contributed by atoms with van der Waals surface area (Å²) >= 11 is 0. The van der Waals surface area contributed by atoms with Gasteiger partial charge in [-0.3, -0.25) is 14.4 Å². The smallest absolute Gasteiger partial charge is 0.416 e. The van der Waals surface area contributed by atoms with Gasteiger partial charge in [-0.15, -0.1) is 0 Å². The van der Waals surface area contributed by atoms with Crippen molar-refractivity contribution in [3.8, 4) is 5.75 Å². The zero-order valence-electron chi connectivity index (χ0n) is 18.3. The largest absolute Gasteiger partial charge is 0.484 e. The quantitative estimate of drug-likeness (QED) is 0.540. The number of alkyl halides is 3. The molecule has 0 spiro atoms. The molecule has 3 amide bonds. The lowest BCUT2D eigenvalue weighted by atomic mass is 10.1. The molecular weight excluding hydrogens is 455 g/mol. The number of hydrogen-bond donors (Lipinski definition) is 3. The van der Waals surface area contributed by atoms with E-state index in [-0.39, 0.29) is 37.0 Å². The van der Waals surface area contributed by atoms with Gasteiger partial charge in [0.25, 0.3) is 5.91 Å². The van der Waals surface area contributed by atoms with Gasteiger partial charge in [-0.25, -0.2) is 0 Å². The van der Waals surface area contributed by atoms with Gasteiger partial charge in [0.15, 0.2) is 6.61 Å². The Morgan fingerprint density at radius 1 is 1.21 bits per heavy atom. The Morgan fingerprint density at radius 3 is 2.56 bits per heavy atom. The number of nitrogens with zero attached hydrogens (tertiary/aromatic N) is 1. The van der Waals surface area contributed by atoms with Crippen molar-refractivity contribution in [2.45, 2.75) is 25.6 Å². The molecule has 0 bridgehead atoms. The SMILES string of the molecule is C[C@@H](O)CNC(=O)[C@@H]1CC(=O)N(c2ccc(OCC(=O)Nc3cccc(C(F)(F)F)c3)cc2)C1. The molecule has 0 saturated carbocycles. The Labute approximate surface area is 193 Å². The molecule has 0 aliphatic carbocycles. The molecule has 34 heavy (non-hydrogen) atoms. The Morgan fingerprint density at radius 2 is 1.91 bits per heavy atom. The number of halogens is 3. The van der Waals surface area contributed by atoms with Crippen LogP contribution in [0.3, 0.4) is 0 Å². The number of aliphatic hydroxyl groups is 1. The zero-order chi connectivity index (χ0) is 24.9. The minimum Gasteiger partial charge on any atom is -0.484 e. The summed E-state index contributed by atoms with van der Waals surface area (Å²) in [6, 6.07) is 10.6. The summed E-state index contributed by atoms with van der Waals surface area (Å²) < 4.78 is 43.7. The Hall–Kier alpha value is -3.60. The van der Waals surface area contributed by atoms with Gasteiger partial charge >= 0.3 is 6.18 Å². The highest BCUT2D eigenvalue weighted by Gasteiger charge is 2.35. The molecule has 3 rings (SSSR count). The van der Waals surface area contributed by atoms with E-state index >= 15 is 0 Å². The first-order chi connectivity index (χ1) is 16.0. The first-order valence-corrected chi connectivity index (χ1v) is 10.5. The summed E-state index contributed by atoms with van der Waals surface area (Å²) in [6.45, 7) is 1.43. The third-order valence-electron chi connectivity index (χ3n) is 5.06. The van der Waals surface area contributed by atoms with Crippen molar-refractivity contribution < 1.29 is 37.4 Å². The first kappa shape index (κ1) is 25.0. The average Bonchev–Trinajstić information content (AvgIpc) is 3.17. The van der Waals surface area contributed by atoms with E-state index in [1.54, 1.807) is 31.2 Å². The fourth-order valence-electron chi connectivity index (χ4n) is 3.37. The number of carbonyl (C=O) groups is 3. The Bertz CT molecular complexity index is 1040. The van der Waals surface area contributed by atoms with E-state index in [0.29, 0.717) is 11.4 Å². The number of amides is 3. The van der Waals surface area contributed by atoms with Crippen LogP contribution in [0.1, 0.15) is 18.9 Å². The molecule has 1 fully saturated rings. The normalized spacial score (nSPS) is 16.8. The number of nitrogens with one attached hydrogen (secondary N) is 2. The van der Waals surface area contributed by atoms with Gasteiger partial charge in [-0.1, -0.05) is 6.07 Å². The van der Waals surface area contributed by atoms with Crippen molar-refractivity contribution in [2.24, 2.45) is 5.92 Å². The first-order valence-electron chi connectivity index (χ1n) is 10.5. The molecule has 2 atom stereocenters. The summed E-state index contributed by atoms with van der Waals surface area (Å²) in [7, 11) is 0. The van der Waals surface area contributed by atoms with Gasteiger partial charge < -0.3 is 25.4 Å². The number of rotatable bonds is 8. The predicted molar refractivity (Wildman–Crippen MR) is 117 cm³/mol. The maximum Gasteiger partial charge on any atom is 0.416 e. The second-order valence-electron chi connectivity index (χ2n) is 7.91. The summed E-state index contributed by atoms with van der Waals surface area (Å²) in [5, 5.41) is 14.2. The lowest BCUT2D eigenvalue weighted by Crippen LogP contribution is -2.36. The van der Waals surface area contributed by atoms with Crippen LogP contribution in [0, 0.1) is 5.92 Å².